The number of hydrogen-bond acceptors (Lipinski definition) is 6. The Kier molecular flexibility index (Phi) is 5.21. The average Bonchev–Trinajstić information content (AvgIpc) is 2.38. The molecule has 0 aliphatic heterocycles. The highest BCUT2D eigenvalue weighted by Gasteiger charge is 2.25. The average molecular weight is 289 g/mol. The molecular formula is C10H15N3O5S. The van der Waals surface area contributed by atoms with Gasteiger partial charge in [0.2, 0.25) is 10.0 Å². The molecule has 9 heteroatoms. The summed E-state index contributed by atoms with van der Waals surface area (Å²) < 4.78 is 31.0. The maximum absolute atomic E-state index is 11.9. The zero-order valence-electron chi connectivity index (χ0n) is 10.3. The molecule has 1 rings (SSSR count). The van der Waals surface area contributed by atoms with E-state index in [1.54, 1.807) is 0 Å². The molecule has 0 amide bonds. The lowest BCUT2D eigenvalue weighted by Crippen LogP contribution is -2.26. The lowest BCUT2D eigenvalue weighted by atomic mass is 10.3. The van der Waals surface area contributed by atoms with E-state index in [1.807, 2.05) is 0 Å². The second-order valence-corrected chi connectivity index (χ2v) is 5.37. The second-order valence-electron chi connectivity index (χ2n) is 3.63. The van der Waals surface area contributed by atoms with Crippen LogP contribution < -0.4 is 15.2 Å². The Morgan fingerprint density at radius 1 is 1.47 bits per heavy atom. The fourth-order valence-corrected chi connectivity index (χ4v) is 2.60. The lowest BCUT2D eigenvalue weighted by molar-refractivity contribution is -0.387. The summed E-state index contributed by atoms with van der Waals surface area (Å²) in [6.07, 6.45) is 0.448. The van der Waals surface area contributed by atoms with Crippen molar-refractivity contribution in [2.45, 2.75) is 11.3 Å². The van der Waals surface area contributed by atoms with E-state index in [0.717, 1.165) is 12.1 Å². The van der Waals surface area contributed by atoms with Crippen molar-refractivity contribution in [2.75, 3.05) is 20.2 Å². The third kappa shape index (κ3) is 3.88. The Labute approximate surface area is 110 Å². The van der Waals surface area contributed by atoms with Crippen LogP contribution in [0.25, 0.3) is 0 Å². The molecule has 1 aromatic carbocycles. The van der Waals surface area contributed by atoms with Crippen molar-refractivity contribution >= 4 is 15.7 Å². The summed E-state index contributed by atoms with van der Waals surface area (Å²) in [5, 5.41) is 10.9. The maximum Gasteiger partial charge on any atom is 0.293 e. The van der Waals surface area contributed by atoms with Gasteiger partial charge in [-0.25, -0.2) is 13.1 Å². The molecule has 0 unspecified atom stereocenters. The van der Waals surface area contributed by atoms with Gasteiger partial charge in [-0.15, -0.1) is 0 Å². The molecule has 0 aliphatic rings. The summed E-state index contributed by atoms with van der Waals surface area (Å²) in [4.78, 5) is 9.75. The molecule has 8 nitrogen and oxygen atoms in total. The topological polar surface area (TPSA) is 125 Å². The van der Waals surface area contributed by atoms with Crippen molar-refractivity contribution in [3.05, 3.63) is 28.3 Å². The van der Waals surface area contributed by atoms with Crippen molar-refractivity contribution in [1.29, 1.82) is 0 Å². The number of benzene rings is 1. The van der Waals surface area contributed by atoms with Gasteiger partial charge in [0.25, 0.3) is 5.69 Å². The molecule has 0 aliphatic carbocycles. The zero-order valence-corrected chi connectivity index (χ0v) is 11.1. The van der Waals surface area contributed by atoms with E-state index in [1.165, 1.54) is 13.2 Å². The molecule has 0 fully saturated rings. The highest BCUT2D eigenvalue weighted by molar-refractivity contribution is 7.89. The fraction of sp³-hybridized carbons (Fsp3) is 0.400. The van der Waals surface area contributed by atoms with E-state index in [0.29, 0.717) is 13.0 Å². The number of sulfonamides is 1. The molecule has 106 valence electrons. The number of rotatable bonds is 7. The molecular weight excluding hydrogens is 274 g/mol. The zero-order chi connectivity index (χ0) is 14.5. The molecule has 0 atom stereocenters. The summed E-state index contributed by atoms with van der Waals surface area (Å²) in [5.41, 5.74) is 4.72. The smallest absolute Gasteiger partial charge is 0.293 e. The summed E-state index contributed by atoms with van der Waals surface area (Å²) in [6.45, 7) is 0.454. The third-order valence-corrected chi connectivity index (χ3v) is 3.83. The molecule has 0 radical (unpaired) electrons. The summed E-state index contributed by atoms with van der Waals surface area (Å²) in [5.74, 6) is 0.215. The van der Waals surface area contributed by atoms with Gasteiger partial charge in [0.15, 0.2) is 4.90 Å². The van der Waals surface area contributed by atoms with Gasteiger partial charge in [-0.05, 0) is 25.1 Å². The number of methoxy groups -OCH3 is 1. The van der Waals surface area contributed by atoms with Crippen molar-refractivity contribution in [3.8, 4) is 5.75 Å². The van der Waals surface area contributed by atoms with Crippen LogP contribution in [0.1, 0.15) is 6.42 Å². The van der Waals surface area contributed by atoms with Crippen LogP contribution >= 0.6 is 0 Å². The molecule has 19 heavy (non-hydrogen) atoms. The maximum atomic E-state index is 11.9. The molecule has 0 saturated heterocycles. The predicted molar refractivity (Wildman–Crippen MR) is 68.5 cm³/mol. The summed E-state index contributed by atoms with van der Waals surface area (Å²) in [6, 6.07) is 3.56. The van der Waals surface area contributed by atoms with Crippen LogP contribution in [-0.4, -0.2) is 33.5 Å². The van der Waals surface area contributed by atoms with Gasteiger partial charge in [0.05, 0.1) is 18.1 Å². The second kappa shape index (κ2) is 6.45. The van der Waals surface area contributed by atoms with Crippen molar-refractivity contribution in [1.82, 2.24) is 4.72 Å². The van der Waals surface area contributed by atoms with Crippen LogP contribution in [0, 0.1) is 10.1 Å². The minimum atomic E-state index is -3.94. The third-order valence-electron chi connectivity index (χ3n) is 2.33. The first-order chi connectivity index (χ1) is 8.92. The first-order valence-corrected chi connectivity index (χ1v) is 6.93. The SMILES string of the molecule is COc1ccc(S(=O)(=O)NCCCN)c([N+](=O)[O-])c1. The van der Waals surface area contributed by atoms with Crippen molar-refractivity contribution in [3.63, 3.8) is 0 Å². The highest BCUT2D eigenvalue weighted by Crippen LogP contribution is 2.28. The summed E-state index contributed by atoms with van der Waals surface area (Å²) in [7, 11) is -2.60. The summed E-state index contributed by atoms with van der Waals surface area (Å²) >= 11 is 0. The number of nitrogens with one attached hydrogen (secondary N) is 1. The van der Waals surface area contributed by atoms with Crippen LogP contribution in [0.15, 0.2) is 23.1 Å². The van der Waals surface area contributed by atoms with Crippen molar-refractivity contribution in [2.24, 2.45) is 5.73 Å². The van der Waals surface area contributed by atoms with Crippen molar-refractivity contribution < 1.29 is 18.1 Å². The fourth-order valence-electron chi connectivity index (χ4n) is 1.38. The van der Waals surface area contributed by atoms with Crippen LogP contribution in [0.4, 0.5) is 5.69 Å². The molecule has 0 heterocycles. The monoisotopic (exact) mass is 289 g/mol. The number of nitro benzene ring substituents is 1. The van der Waals surface area contributed by atoms with E-state index < -0.39 is 25.5 Å². The minimum Gasteiger partial charge on any atom is -0.497 e. The number of nitro groups is 1. The standard InChI is InChI=1S/C10H15N3O5S/c1-18-8-3-4-10(9(7-8)13(14)15)19(16,17)12-6-2-5-11/h3-4,7,12H,2,5-6,11H2,1H3. The first kappa shape index (κ1) is 15.3. The van der Waals surface area contributed by atoms with E-state index >= 15 is 0 Å². The molecule has 0 saturated carbocycles. The Hall–Kier alpha value is -1.71. The van der Waals surface area contributed by atoms with Gasteiger partial charge in [0.1, 0.15) is 5.75 Å². The minimum absolute atomic E-state index is 0.127. The van der Waals surface area contributed by atoms with E-state index in [-0.39, 0.29) is 12.3 Å². The molecule has 0 aromatic heterocycles. The van der Waals surface area contributed by atoms with Gasteiger partial charge in [-0.1, -0.05) is 0 Å². The van der Waals surface area contributed by atoms with Crippen LogP contribution in [-0.2, 0) is 10.0 Å². The first-order valence-electron chi connectivity index (χ1n) is 5.44. The van der Waals surface area contributed by atoms with Crippen LogP contribution in [0.5, 0.6) is 5.75 Å². The quantitative estimate of drug-likeness (QED) is 0.420. The van der Waals surface area contributed by atoms with Gasteiger partial charge < -0.3 is 10.5 Å². The molecule has 0 bridgehead atoms. The van der Waals surface area contributed by atoms with Gasteiger partial charge in [-0.2, -0.15) is 0 Å². The Morgan fingerprint density at radius 3 is 2.68 bits per heavy atom. The van der Waals surface area contributed by atoms with E-state index in [2.05, 4.69) is 4.72 Å². The molecule has 3 N–H and O–H groups in total. The predicted octanol–water partition coefficient (Wildman–Crippen LogP) is 0.231. The Balaban J connectivity index is 3.15. The molecule has 1 aromatic rings. The highest BCUT2D eigenvalue weighted by atomic mass is 32.2. The number of ether oxygens (including phenoxy) is 1. The molecule has 0 spiro atoms. The van der Waals surface area contributed by atoms with E-state index in [9.17, 15) is 18.5 Å². The van der Waals surface area contributed by atoms with Crippen LogP contribution in [0.3, 0.4) is 0 Å². The van der Waals surface area contributed by atoms with Crippen LogP contribution in [0.2, 0.25) is 0 Å². The number of nitrogens with two attached hydrogens (primary N) is 1. The largest absolute Gasteiger partial charge is 0.497 e. The lowest BCUT2D eigenvalue weighted by Gasteiger charge is -2.07. The Bertz CT molecular complexity index is 558. The van der Waals surface area contributed by atoms with Gasteiger partial charge >= 0.3 is 0 Å². The van der Waals surface area contributed by atoms with E-state index in [4.69, 9.17) is 10.5 Å². The number of nitrogens with zero attached hydrogens (tertiary/aromatic N) is 1. The van der Waals surface area contributed by atoms with Gasteiger partial charge in [0, 0.05) is 6.54 Å². The Morgan fingerprint density at radius 2 is 2.16 bits per heavy atom. The number of hydrogen-bond donors (Lipinski definition) is 2. The van der Waals surface area contributed by atoms with Gasteiger partial charge in [-0.3, -0.25) is 10.1 Å². The normalized spacial score (nSPS) is 11.3.